The van der Waals surface area contributed by atoms with Crippen molar-refractivity contribution in [1.82, 2.24) is 9.80 Å². The van der Waals surface area contributed by atoms with E-state index in [0.717, 1.165) is 6.42 Å². The van der Waals surface area contributed by atoms with Crippen LogP contribution in [0, 0.1) is 5.92 Å². The van der Waals surface area contributed by atoms with Gasteiger partial charge in [-0.2, -0.15) is 0 Å². The number of ether oxygens (including phenoxy) is 1. The van der Waals surface area contributed by atoms with Gasteiger partial charge in [-0.3, -0.25) is 9.59 Å². The molecule has 0 aromatic heterocycles. The van der Waals surface area contributed by atoms with Crippen molar-refractivity contribution in [3.05, 3.63) is 0 Å². The molecule has 2 amide bonds. The third-order valence-corrected chi connectivity index (χ3v) is 4.29. The normalized spacial score (nSPS) is 26.4. The minimum Gasteiger partial charge on any atom is -0.467 e. The van der Waals surface area contributed by atoms with E-state index >= 15 is 0 Å². The molecule has 0 saturated carbocycles. The number of hydrogen-bond acceptors (Lipinski definition) is 4. The second kappa shape index (κ2) is 5.66. The lowest BCUT2D eigenvalue weighted by Gasteiger charge is -2.32. The minimum absolute atomic E-state index is 0.00895. The van der Waals surface area contributed by atoms with Crippen molar-refractivity contribution < 1.29 is 19.1 Å². The predicted molar refractivity (Wildman–Crippen MR) is 76.3 cm³/mol. The number of esters is 1. The summed E-state index contributed by atoms with van der Waals surface area (Å²) < 4.78 is 4.76. The molecule has 2 rings (SSSR count). The molecular formula is C15H24N2O4. The Hall–Kier alpha value is -1.59. The van der Waals surface area contributed by atoms with E-state index in [-0.39, 0.29) is 35.7 Å². The SMILES string of the molecule is COC(=O)C1CCCN1C(=O)C1CC(=O)N(C(C)(C)C)C1. The summed E-state index contributed by atoms with van der Waals surface area (Å²) in [5.41, 5.74) is -0.279. The fourth-order valence-corrected chi connectivity index (χ4v) is 3.17. The number of carbonyl (C=O) groups excluding carboxylic acids is 3. The molecule has 0 bridgehead atoms. The maximum absolute atomic E-state index is 12.6. The van der Waals surface area contributed by atoms with Crippen molar-refractivity contribution in [3.8, 4) is 0 Å². The molecule has 6 heteroatoms. The maximum Gasteiger partial charge on any atom is 0.328 e. The third-order valence-electron chi connectivity index (χ3n) is 4.29. The van der Waals surface area contributed by atoms with E-state index in [1.165, 1.54) is 7.11 Å². The Bertz CT molecular complexity index is 455. The number of rotatable bonds is 2. The lowest BCUT2D eigenvalue weighted by atomic mass is 10.1. The monoisotopic (exact) mass is 296 g/mol. The second-order valence-electron chi connectivity index (χ2n) is 6.79. The Morgan fingerprint density at radius 1 is 1.29 bits per heavy atom. The number of carbonyl (C=O) groups is 3. The van der Waals surface area contributed by atoms with Crippen LogP contribution in [0.4, 0.5) is 0 Å². The molecule has 2 unspecified atom stereocenters. The summed E-state index contributed by atoms with van der Waals surface area (Å²) in [6.45, 7) is 6.89. The zero-order chi connectivity index (χ0) is 15.8. The van der Waals surface area contributed by atoms with E-state index < -0.39 is 6.04 Å². The summed E-state index contributed by atoms with van der Waals surface area (Å²) in [5, 5.41) is 0. The van der Waals surface area contributed by atoms with Gasteiger partial charge in [-0.1, -0.05) is 0 Å². The molecule has 0 spiro atoms. The highest BCUT2D eigenvalue weighted by Gasteiger charge is 2.44. The van der Waals surface area contributed by atoms with Gasteiger partial charge in [-0.25, -0.2) is 4.79 Å². The number of nitrogens with zero attached hydrogens (tertiary/aromatic N) is 2. The Balaban J connectivity index is 2.08. The molecule has 2 saturated heterocycles. The molecule has 2 aliphatic rings. The number of likely N-dealkylation sites (tertiary alicyclic amines) is 2. The van der Waals surface area contributed by atoms with Gasteiger partial charge in [0, 0.05) is 25.0 Å². The van der Waals surface area contributed by atoms with Gasteiger partial charge in [0.05, 0.1) is 13.0 Å². The largest absolute Gasteiger partial charge is 0.467 e. The van der Waals surface area contributed by atoms with Crippen LogP contribution in [-0.2, 0) is 19.1 Å². The summed E-state index contributed by atoms with van der Waals surface area (Å²) in [4.78, 5) is 39.8. The molecule has 118 valence electrons. The minimum atomic E-state index is -0.485. The van der Waals surface area contributed by atoms with Crippen molar-refractivity contribution in [2.45, 2.75) is 51.6 Å². The van der Waals surface area contributed by atoms with Crippen LogP contribution < -0.4 is 0 Å². The molecule has 0 radical (unpaired) electrons. The first kappa shape index (κ1) is 15.8. The number of amides is 2. The quantitative estimate of drug-likeness (QED) is 0.707. The van der Waals surface area contributed by atoms with Crippen LogP contribution in [-0.4, -0.2) is 59.4 Å². The molecule has 0 N–H and O–H groups in total. The lowest BCUT2D eigenvalue weighted by molar-refractivity contribution is -0.152. The zero-order valence-electron chi connectivity index (χ0n) is 13.2. The third kappa shape index (κ3) is 3.04. The highest BCUT2D eigenvalue weighted by atomic mass is 16.5. The Morgan fingerprint density at radius 2 is 1.95 bits per heavy atom. The van der Waals surface area contributed by atoms with Gasteiger partial charge in [0.2, 0.25) is 11.8 Å². The van der Waals surface area contributed by atoms with Crippen molar-refractivity contribution in [1.29, 1.82) is 0 Å². The van der Waals surface area contributed by atoms with E-state index in [4.69, 9.17) is 4.74 Å². The summed E-state index contributed by atoms with van der Waals surface area (Å²) in [6.07, 6.45) is 1.68. The number of methoxy groups -OCH3 is 1. The van der Waals surface area contributed by atoms with Gasteiger partial charge in [-0.15, -0.1) is 0 Å². The van der Waals surface area contributed by atoms with Gasteiger partial charge >= 0.3 is 5.97 Å². The smallest absolute Gasteiger partial charge is 0.328 e. The molecule has 2 heterocycles. The summed E-state index contributed by atoms with van der Waals surface area (Å²) in [5.74, 6) is -0.794. The summed E-state index contributed by atoms with van der Waals surface area (Å²) in [7, 11) is 1.34. The van der Waals surface area contributed by atoms with Crippen LogP contribution in [0.2, 0.25) is 0 Å². The maximum atomic E-state index is 12.6. The first-order valence-electron chi connectivity index (χ1n) is 7.44. The molecule has 21 heavy (non-hydrogen) atoms. The fourth-order valence-electron chi connectivity index (χ4n) is 3.17. The van der Waals surface area contributed by atoms with E-state index in [9.17, 15) is 14.4 Å². The van der Waals surface area contributed by atoms with Gasteiger partial charge in [0.1, 0.15) is 6.04 Å². The van der Waals surface area contributed by atoms with Crippen LogP contribution in [0.25, 0.3) is 0 Å². The lowest BCUT2D eigenvalue weighted by Crippen LogP contribution is -2.46. The Morgan fingerprint density at radius 3 is 2.48 bits per heavy atom. The fraction of sp³-hybridized carbons (Fsp3) is 0.800. The van der Waals surface area contributed by atoms with Gasteiger partial charge in [-0.05, 0) is 33.6 Å². The molecule has 2 atom stereocenters. The van der Waals surface area contributed by atoms with Crippen molar-refractivity contribution in [2.75, 3.05) is 20.2 Å². The summed E-state index contributed by atoms with van der Waals surface area (Å²) >= 11 is 0. The topological polar surface area (TPSA) is 66.9 Å². The standard InChI is InChI=1S/C15H24N2O4/c1-15(2,3)17-9-10(8-12(17)18)13(19)16-7-5-6-11(16)14(20)21-4/h10-11H,5-9H2,1-4H3. The van der Waals surface area contributed by atoms with Gasteiger partial charge in [0.15, 0.2) is 0 Å². The molecule has 0 aliphatic carbocycles. The zero-order valence-corrected chi connectivity index (χ0v) is 13.2. The molecule has 2 fully saturated rings. The highest BCUT2D eigenvalue weighted by molar-refractivity contribution is 5.92. The van der Waals surface area contributed by atoms with Gasteiger partial charge in [0.25, 0.3) is 0 Å². The highest BCUT2D eigenvalue weighted by Crippen LogP contribution is 2.29. The van der Waals surface area contributed by atoms with Crippen LogP contribution in [0.15, 0.2) is 0 Å². The first-order chi connectivity index (χ1) is 9.75. The Kier molecular flexibility index (Phi) is 4.25. The van der Waals surface area contributed by atoms with Crippen LogP contribution in [0.3, 0.4) is 0 Å². The number of hydrogen-bond donors (Lipinski definition) is 0. The van der Waals surface area contributed by atoms with Crippen molar-refractivity contribution in [2.24, 2.45) is 5.92 Å². The van der Waals surface area contributed by atoms with E-state index in [0.29, 0.717) is 19.5 Å². The summed E-state index contributed by atoms with van der Waals surface area (Å²) in [6, 6.07) is -0.485. The Labute approximate surface area is 125 Å². The van der Waals surface area contributed by atoms with E-state index in [2.05, 4.69) is 0 Å². The van der Waals surface area contributed by atoms with Crippen molar-refractivity contribution >= 4 is 17.8 Å². The van der Waals surface area contributed by atoms with Crippen molar-refractivity contribution in [3.63, 3.8) is 0 Å². The van der Waals surface area contributed by atoms with E-state index in [1.807, 2.05) is 20.8 Å². The molecule has 0 aromatic rings. The second-order valence-corrected chi connectivity index (χ2v) is 6.79. The van der Waals surface area contributed by atoms with Crippen LogP contribution in [0.1, 0.15) is 40.0 Å². The molecule has 2 aliphatic heterocycles. The molecule has 0 aromatic carbocycles. The van der Waals surface area contributed by atoms with Gasteiger partial charge < -0.3 is 14.5 Å². The van der Waals surface area contributed by atoms with Crippen LogP contribution >= 0.6 is 0 Å². The van der Waals surface area contributed by atoms with E-state index in [1.54, 1.807) is 9.80 Å². The average molecular weight is 296 g/mol. The average Bonchev–Trinajstić information content (AvgIpc) is 3.02. The molecule has 6 nitrogen and oxygen atoms in total. The van der Waals surface area contributed by atoms with Crippen LogP contribution in [0.5, 0.6) is 0 Å². The first-order valence-corrected chi connectivity index (χ1v) is 7.44. The molecular weight excluding hydrogens is 272 g/mol. The predicted octanol–water partition coefficient (Wildman–Crippen LogP) is 0.797.